The number of hydrogen-bond acceptors (Lipinski definition) is 5. The van der Waals surface area contributed by atoms with E-state index in [9.17, 15) is 0 Å². The first-order valence-electron chi connectivity index (χ1n) is 5.89. The van der Waals surface area contributed by atoms with Gasteiger partial charge in [0.05, 0.1) is 6.61 Å². The topological polar surface area (TPSA) is 58.9 Å². The molecule has 2 N–H and O–H groups in total. The van der Waals surface area contributed by atoms with E-state index in [2.05, 4.69) is 0 Å². The van der Waals surface area contributed by atoms with E-state index in [-0.39, 0.29) is 0 Å². The van der Waals surface area contributed by atoms with Crippen LogP contribution in [0.4, 0.5) is 0 Å². The fourth-order valence-corrected chi connectivity index (χ4v) is 2.09. The largest absolute Gasteiger partial charge is 0.493 e. The van der Waals surface area contributed by atoms with Crippen LogP contribution in [0.3, 0.4) is 0 Å². The number of benzene rings is 1. The molecule has 0 aliphatic rings. The van der Waals surface area contributed by atoms with Crippen LogP contribution in [0.1, 0.15) is 6.42 Å². The van der Waals surface area contributed by atoms with Gasteiger partial charge in [0, 0.05) is 19.5 Å². The van der Waals surface area contributed by atoms with Crippen LogP contribution in [0, 0.1) is 0 Å². The van der Waals surface area contributed by atoms with Crippen LogP contribution in [0.2, 0.25) is 0 Å². The summed E-state index contributed by atoms with van der Waals surface area (Å²) in [6.45, 7) is 1.46. The van der Waals surface area contributed by atoms with Crippen molar-refractivity contribution in [3.8, 4) is 5.75 Å². The van der Waals surface area contributed by atoms with Crippen LogP contribution in [-0.2, 0) is 4.74 Å². The Kier molecular flexibility index (Phi) is 7.92. The van der Waals surface area contributed by atoms with Gasteiger partial charge in [0.1, 0.15) is 5.75 Å². The quantitative estimate of drug-likeness (QED) is 0.506. The number of rotatable bonds is 9. The second kappa shape index (κ2) is 9.27. The Hall–Kier alpha value is -0.685. The Bertz CT molecular complexity index is 318. The van der Waals surface area contributed by atoms with Crippen molar-refractivity contribution < 1.29 is 19.5 Å². The Morgan fingerprint density at radius 3 is 2.44 bits per heavy atom. The van der Waals surface area contributed by atoms with Gasteiger partial charge in [0.25, 0.3) is 0 Å². The van der Waals surface area contributed by atoms with Crippen molar-refractivity contribution in [2.24, 2.45) is 0 Å². The zero-order valence-corrected chi connectivity index (χ0v) is 11.4. The lowest BCUT2D eigenvalue weighted by Gasteiger charge is -2.07. The molecule has 1 rings (SSSR count). The summed E-state index contributed by atoms with van der Waals surface area (Å²) >= 11 is 1.84. The van der Waals surface area contributed by atoms with E-state index in [0.717, 1.165) is 30.3 Å². The van der Waals surface area contributed by atoms with Gasteiger partial charge in [-0.1, -0.05) is 12.1 Å². The highest BCUT2D eigenvalue weighted by Crippen LogP contribution is 2.09. The van der Waals surface area contributed by atoms with Crippen molar-refractivity contribution in [2.45, 2.75) is 6.42 Å². The van der Waals surface area contributed by atoms with Crippen LogP contribution < -0.4 is 10.2 Å². The lowest BCUT2D eigenvalue weighted by atomic mass is 9.80. The maximum Gasteiger partial charge on any atom is 0.488 e. The summed E-state index contributed by atoms with van der Waals surface area (Å²) in [5.74, 6) is 2.76. The van der Waals surface area contributed by atoms with Gasteiger partial charge >= 0.3 is 7.12 Å². The number of ether oxygens (including phenoxy) is 2. The van der Waals surface area contributed by atoms with Gasteiger partial charge in [-0.05, 0) is 29.8 Å². The zero-order valence-electron chi connectivity index (χ0n) is 10.5. The second-order valence-electron chi connectivity index (χ2n) is 3.75. The van der Waals surface area contributed by atoms with E-state index in [0.29, 0.717) is 12.1 Å². The third kappa shape index (κ3) is 6.30. The van der Waals surface area contributed by atoms with Crippen molar-refractivity contribution >= 4 is 24.3 Å². The summed E-state index contributed by atoms with van der Waals surface area (Å²) in [6.07, 6.45) is 1.06. The first kappa shape index (κ1) is 15.4. The smallest absolute Gasteiger partial charge is 0.488 e. The predicted molar refractivity (Wildman–Crippen MR) is 75.6 cm³/mol. The molecule has 0 atom stereocenters. The third-order valence-electron chi connectivity index (χ3n) is 2.31. The Morgan fingerprint density at radius 1 is 1.11 bits per heavy atom. The normalized spacial score (nSPS) is 10.4. The van der Waals surface area contributed by atoms with Crippen LogP contribution in [0.15, 0.2) is 24.3 Å². The molecule has 0 heterocycles. The van der Waals surface area contributed by atoms with Gasteiger partial charge in [-0.2, -0.15) is 11.8 Å². The summed E-state index contributed by atoms with van der Waals surface area (Å²) in [5, 5.41) is 17.9. The molecule has 0 fully saturated rings. The molecule has 0 bridgehead atoms. The summed E-state index contributed by atoms with van der Waals surface area (Å²) in [5.41, 5.74) is 0.469. The van der Waals surface area contributed by atoms with Gasteiger partial charge in [0.15, 0.2) is 0 Å². The van der Waals surface area contributed by atoms with Crippen molar-refractivity contribution in [2.75, 3.05) is 31.8 Å². The number of hydrogen-bond donors (Lipinski definition) is 2. The Morgan fingerprint density at radius 2 is 1.83 bits per heavy atom. The monoisotopic (exact) mass is 270 g/mol. The average molecular weight is 270 g/mol. The van der Waals surface area contributed by atoms with E-state index >= 15 is 0 Å². The number of thioether (sulfide) groups is 1. The predicted octanol–water partition coefficient (Wildman–Crippen LogP) is 0.515. The molecule has 0 saturated carbocycles. The van der Waals surface area contributed by atoms with Gasteiger partial charge in [0.2, 0.25) is 0 Å². The molecule has 4 nitrogen and oxygen atoms in total. The minimum absolute atomic E-state index is 0.469. The van der Waals surface area contributed by atoms with Crippen LogP contribution in [0.5, 0.6) is 5.75 Å². The highest BCUT2D eigenvalue weighted by molar-refractivity contribution is 7.99. The molecule has 0 amide bonds. The first-order chi connectivity index (χ1) is 8.74. The Balaban J connectivity index is 2.12. The fraction of sp³-hybridized carbons (Fsp3) is 0.500. The molecule has 1 aromatic carbocycles. The first-order valence-corrected chi connectivity index (χ1v) is 7.05. The van der Waals surface area contributed by atoms with Gasteiger partial charge in [-0.25, -0.2) is 0 Å². The average Bonchev–Trinajstić information content (AvgIpc) is 2.38. The molecule has 1 aromatic rings. The second-order valence-corrected chi connectivity index (χ2v) is 4.97. The van der Waals surface area contributed by atoms with Gasteiger partial charge < -0.3 is 19.5 Å². The highest BCUT2D eigenvalue weighted by atomic mass is 32.2. The lowest BCUT2D eigenvalue weighted by molar-refractivity contribution is 0.200. The molecule has 0 radical (unpaired) electrons. The van der Waals surface area contributed by atoms with Crippen molar-refractivity contribution in [1.82, 2.24) is 0 Å². The molecule has 0 aromatic heterocycles. The summed E-state index contributed by atoms with van der Waals surface area (Å²) in [4.78, 5) is 0. The molecule has 6 heteroatoms. The highest BCUT2D eigenvalue weighted by Gasteiger charge is 2.09. The molecule has 0 unspecified atom stereocenters. The van der Waals surface area contributed by atoms with E-state index < -0.39 is 7.12 Å². The molecular weight excluding hydrogens is 251 g/mol. The molecule has 0 aliphatic heterocycles. The van der Waals surface area contributed by atoms with Crippen molar-refractivity contribution in [1.29, 1.82) is 0 Å². The summed E-state index contributed by atoms with van der Waals surface area (Å²) in [7, 11) is 0.288. The SMILES string of the molecule is COCCCSCCOc1ccc(B(O)O)cc1. The van der Waals surface area contributed by atoms with Crippen LogP contribution >= 0.6 is 11.8 Å². The molecule has 18 heavy (non-hydrogen) atoms. The lowest BCUT2D eigenvalue weighted by Crippen LogP contribution is -2.29. The van der Waals surface area contributed by atoms with E-state index in [4.69, 9.17) is 19.5 Å². The summed E-state index contributed by atoms with van der Waals surface area (Å²) in [6, 6.07) is 6.77. The molecule has 100 valence electrons. The maximum absolute atomic E-state index is 8.93. The molecule has 0 saturated heterocycles. The van der Waals surface area contributed by atoms with Gasteiger partial charge in [-0.3, -0.25) is 0 Å². The van der Waals surface area contributed by atoms with Crippen molar-refractivity contribution in [3.05, 3.63) is 24.3 Å². The number of methoxy groups -OCH3 is 1. The minimum Gasteiger partial charge on any atom is -0.493 e. The molecular formula is C12H19BO4S. The van der Waals surface area contributed by atoms with E-state index in [1.54, 1.807) is 31.4 Å². The van der Waals surface area contributed by atoms with E-state index in [1.807, 2.05) is 11.8 Å². The molecule has 0 spiro atoms. The van der Waals surface area contributed by atoms with Crippen LogP contribution in [0.25, 0.3) is 0 Å². The van der Waals surface area contributed by atoms with Crippen molar-refractivity contribution in [3.63, 3.8) is 0 Å². The third-order valence-corrected chi connectivity index (χ3v) is 3.34. The van der Waals surface area contributed by atoms with E-state index in [1.165, 1.54) is 0 Å². The van der Waals surface area contributed by atoms with Crippen LogP contribution in [-0.4, -0.2) is 49.0 Å². The maximum atomic E-state index is 8.93. The Labute approximate surface area is 112 Å². The minimum atomic E-state index is -1.42. The standard InChI is InChI=1S/C12H19BO4S/c1-16-7-2-9-18-10-8-17-12-5-3-11(4-6-12)13(14)15/h3-6,14-15H,2,7-10H2,1H3. The van der Waals surface area contributed by atoms with Gasteiger partial charge in [-0.15, -0.1) is 0 Å². The summed E-state index contributed by atoms with van der Waals surface area (Å²) < 4.78 is 10.5. The zero-order chi connectivity index (χ0) is 13.2. The molecule has 0 aliphatic carbocycles. The fourth-order valence-electron chi connectivity index (χ4n) is 1.36.